The monoisotopic (exact) mass is 286 g/mol. The van der Waals surface area contributed by atoms with Crippen molar-refractivity contribution in [2.75, 3.05) is 13.1 Å². The molecule has 0 aromatic heterocycles. The Hall–Kier alpha value is -1.84. The maximum atomic E-state index is 12.8. The molecule has 21 heavy (non-hydrogen) atoms. The molecule has 0 radical (unpaired) electrons. The highest BCUT2D eigenvalue weighted by Crippen LogP contribution is 2.35. The smallest absolute Gasteiger partial charge is 0.227 e. The Morgan fingerprint density at radius 2 is 2.10 bits per heavy atom. The number of hydrogen-bond donors (Lipinski definition) is 1. The first-order valence-corrected chi connectivity index (χ1v) is 7.79. The standard InChI is InChI=1S/C17H22N2O2/c1-12-5-2-3-6-14(12)15-7-4-10-19(15)17(21)13-8-9-16(20)18-11-13/h2-3,5-6,13,15H,4,7-11H2,1H3,(H,18,20). The average molecular weight is 286 g/mol. The predicted octanol–water partition coefficient (Wildman–Crippen LogP) is 2.18. The van der Waals surface area contributed by atoms with E-state index in [9.17, 15) is 9.59 Å². The van der Waals surface area contributed by atoms with Gasteiger partial charge in [0, 0.05) is 19.5 Å². The van der Waals surface area contributed by atoms with Gasteiger partial charge >= 0.3 is 0 Å². The highest BCUT2D eigenvalue weighted by molar-refractivity contribution is 5.84. The zero-order valence-corrected chi connectivity index (χ0v) is 12.5. The van der Waals surface area contributed by atoms with Gasteiger partial charge in [0.1, 0.15) is 0 Å². The second-order valence-electron chi connectivity index (χ2n) is 6.09. The molecule has 2 saturated heterocycles. The Balaban J connectivity index is 1.76. The third-order valence-corrected chi connectivity index (χ3v) is 4.70. The lowest BCUT2D eigenvalue weighted by Crippen LogP contribution is -2.44. The summed E-state index contributed by atoms with van der Waals surface area (Å²) in [6.07, 6.45) is 3.25. The maximum Gasteiger partial charge on any atom is 0.227 e. The number of piperidine rings is 1. The average Bonchev–Trinajstić information content (AvgIpc) is 2.97. The van der Waals surface area contributed by atoms with E-state index < -0.39 is 0 Å². The van der Waals surface area contributed by atoms with Crippen LogP contribution in [0.25, 0.3) is 0 Å². The molecule has 1 N–H and O–H groups in total. The zero-order valence-electron chi connectivity index (χ0n) is 12.5. The van der Waals surface area contributed by atoms with E-state index in [1.807, 2.05) is 17.0 Å². The van der Waals surface area contributed by atoms with E-state index in [-0.39, 0.29) is 23.8 Å². The van der Waals surface area contributed by atoms with Crippen molar-refractivity contribution in [1.29, 1.82) is 0 Å². The lowest BCUT2D eigenvalue weighted by Gasteiger charge is -2.31. The van der Waals surface area contributed by atoms with Gasteiger partial charge < -0.3 is 10.2 Å². The number of amides is 2. The second kappa shape index (κ2) is 5.88. The van der Waals surface area contributed by atoms with E-state index in [0.717, 1.165) is 19.4 Å². The molecule has 2 aliphatic rings. The van der Waals surface area contributed by atoms with E-state index >= 15 is 0 Å². The van der Waals surface area contributed by atoms with Crippen LogP contribution >= 0.6 is 0 Å². The van der Waals surface area contributed by atoms with Gasteiger partial charge in [-0.3, -0.25) is 9.59 Å². The molecular weight excluding hydrogens is 264 g/mol. The molecule has 1 aromatic rings. The van der Waals surface area contributed by atoms with Crippen LogP contribution in [0.3, 0.4) is 0 Å². The fraction of sp³-hybridized carbons (Fsp3) is 0.529. The first kappa shape index (κ1) is 14.1. The lowest BCUT2D eigenvalue weighted by atomic mass is 9.95. The van der Waals surface area contributed by atoms with Crippen LogP contribution in [0.2, 0.25) is 0 Å². The van der Waals surface area contributed by atoms with Crippen molar-refractivity contribution in [2.24, 2.45) is 5.92 Å². The third-order valence-electron chi connectivity index (χ3n) is 4.70. The third kappa shape index (κ3) is 2.80. The molecule has 2 unspecified atom stereocenters. The largest absolute Gasteiger partial charge is 0.355 e. The van der Waals surface area contributed by atoms with Gasteiger partial charge in [0.15, 0.2) is 0 Å². The van der Waals surface area contributed by atoms with E-state index in [1.165, 1.54) is 11.1 Å². The van der Waals surface area contributed by atoms with Crippen LogP contribution in [0.4, 0.5) is 0 Å². The van der Waals surface area contributed by atoms with Crippen molar-refractivity contribution in [3.63, 3.8) is 0 Å². The number of nitrogens with one attached hydrogen (secondary N) is 1. The van der Waals surface area contributed by atoms with Crippen molar-refractivity contribution in [3.8, 4) is 0 Å². The predicted molar refractivity (Wildman–Crippen MR) is 80.6 cm³/mol. The molecular formula is C17H22N2O2. The molecule has 2 fully saturated rings. The Morgan fingerprint density at radius 1 is 1.29 bits per heavy atom. The zero-order chi connectivity index (χ0) is 14.8. The number of carbonyl (C=O) groups excluding carboxylic acids is 2. The van der Waals surface area contributed by atoms with Gasteiger partial charge in [0.05, 0.1) is 12.0 Å². The van der Waals surface area contributed by atoms with E-state index in [2.05, 4.69) is 24.4 Å². The Bertz CT molecular complexity index is 545. The first-order valence-electron chi connectivity index (χ1n) is 7.79. The molecule has 4 nitrogen and oxygen atoms in total. The van der Waals surface area contributed by atoms with Crippen LogP contribution in [0.5, 0.6) is 0 Å². The summed E-state index contributed by atoms with van der Waals surface area (Å²) in [5, 5.41) is 2.82. The summed E-state index contributed by atoms with van der Waals surface area (Å²) >= 11 is 0. The van der Waals surface area contributed by atoms with Crippen molar-refractivity contribution >= 4 is 11.8 Å². The molecule has 0 spiro atoms. The van der Waals surface area contributed by atoms with Crippen LogP contribution < -0.4 is 5.32 Å². The lowest BCUT2D eigenvalue weighted by molar-refractivity contribution is -0.138. The Labute approximate surface area is 125 Å². The summed E-state index contributed by atoms with van der Waals surface area (Å²) in [5.41, 5.74) is 2.52. The summed E-state index contributed by atoms with van der Waals surface area (Å²) in [7, 11) is 0. The minimum Gasteiger partial charge on any atom is -0.355 e. The van der Waals surface area contributed by atoms with Gasteiger partial charge in [-0.1, -0.05) is 24.3 Å². The quantitative estimate of drug-likeness (QED) is 0.906. The van der Waals surface area contributed by atoms with E-state index in [4.69, 9.17) is 0 Å². The summed E-state index contributed by atoms with van der Waals surface area (Å²) in [6, 6.07) is 8.53. The van der Waals surface area contributed by atoms with Gasteiger partial charge in [-0.2, -0.15) is 0 Å². The number of aryl methyl sites for hydroxylation is 1. The molecule has 112 valence electrons. The highest BCUT2D eigenvalue weighted by Gasteiger charge is 2.35. The molecule has 2 aliphatic heterocycles. The summed E-state index contributed by atoms with van der Waals surface area (Å²) in [5.74, 6) is 0.226. The molecule has 0 saturated carbocycles. The fourth-order valence-electron chi connectivity index (χ4n) is 3.49. The van der Waals surface area contributed by atoms with Gasteiger partial charge in [0.2, 0.25) is 11.8 Å². The van der Waals surface area contributed by atoms with Crippen LogP contribution in [0.1, 0.15) is 42.9 Å². The normalized spacial score (nSPS) is 25.8. The molecule has 0 aliphatic carbocycles. The Kier molecular flexibility index (Phi) is 3.95. The second-order valence-corrected chi connectivity index (χ2v) is 6.09. The van der Waals surface area contributed by atoms with Crippen LogP contribution in [0, 0.1) is 12.8 Å². The van der Waals surface area contributed by atoms with Crippen molar-refractivity contribution < 1.29 is 9.59 Å². The summed E-state index contributed by atoms with van der Waals surface area (Å²) < 4.78 is 0. The number of nitrogens with zero attached hydrogens (tertiary/aromatic N) is 1. The molecule has 2 amide bonds. The molecule has 3 rings (SSSR count). The summed E-state index contributed by atoms with van der Waals surface area (Å²) in [4.78, 5) is 26.1. The fourth-order valence-corrected chi connectivity index (χ4v) is 3.49. The van der Waals surface area contributed by atoms with Crippen molar-refractivity contribution in [3.05, 3.63) is 35.4 Å². The molecule has 4 heteroatoms. The SMILES string of the molecule is Cc1ccccc1C1CCCN1C(=O)C1CCC(=O)NC1. The Morgan fingerprint density at radius 3 is 2.81 bits per heavy atom. The van der Waals surface area contributed by atoms with Crippen molar-refractivity contribution in [1.82, 2.24) is 10.2 Å². The molecule has 2 heterocycles. The van der Waals surface area contributed by atoms with Crippen molar-refractivity contribution in [2.45, 2.75) is 38.6 Å². The minimum absolute atomic E-state index is 0.0488. The number of benzene rings is 1. The highest BCUT2D eigenvalue weighted by atomic mass is 16.2. The van der Waals surface area contributed by atoms with E-state index in [0.29, 0.717) is 19.4 Å². The molecule has 2 atom stereocenters. The molecule has 1 aromatic carbocycles. The number of rotatable bonds is 2. The first-order chi connectivity index (χ1) is 10.2. The summed E-state index contributed by atoms with van der Waals surface area (Å²) in [6.45, 7) is 3.44. The van der Waals surface area contributed by atoms with E-state index in [1.54, 1.807) is 0 Å². The molecule has 0 bridgehead atoms. The van der Waals surface area contributed by atoms with Gasteiger partial charge in [-0.25, -0.2) is 0 Å². The minimum atomic E-state index is -0.0488. The topological polar surface area (TPSA) is 49.4 Å². The van der Waals surface area contributed by atoms with Gasteiger partial charge in [-0.05, 0) is 37.3 Å². The number of hydrogen-bond acceptors (Lipinski definition) is 2. The number of carbonyl (C=O) groups is 2. The number of likely N-dealkylation sites (tertiary alicyclic amines) is 1. The van der Waals surface area contributed by atoms with Crippen LogP contribution in [0.15, 0.2) is 24.3 Å². The van der Waals surface area contributed by atoms with Crippen LogP contribution in [-0.4, -0.2) is 29.8 Å². The van der Waals surface area contributed by atoms with Gasteiger partial charge in [0.25, 0.3) is 0 Å². The maximum absolute atomic E-state index is 12.8. The van der Waals surface area contributed by atoms with Crippen LogP contribution in [-0.2, 0) is 9.59 Å². The van der Waals surface area contributed by atoms with Gasteiger partial charge in [-0.15, -0.1) is 0 Å².